The van der Waals surface area contributed by atoms with Gasteiger partial charge in [-0.3, -0.25) is 4.79 Å². The monoisotopic (exact) mass is 526 g/mol. The molecule has 1 unspecified atom stereocenters. The van der Waals surface area contributed by atoms with E-state index in [2.05, 4.69) is 25.6 Å². The number of halogens is 2. The lowest BCUT2D eigenvalue weighted by Crippen LogP contribution is -2.47. The Bertz CT molecular complexity index is 1110. The smallest absolute Gasteiger partial charge is 0.326 e. The third-order valence-corrected chi connectivity index (χ3v) is 5.76. The quantitative estimate of drug-likeness (QED) is 0.380. The number of nitrogens with zero attached hydrogens (tertiary/aromatic N) is 4. The van der Waals surface area contributed by atoms with Crippen LogP contribution in [0.4, 0.5) is 16.8 Å². The number of nitrogens with one attached hydrogen (secondary N) is 2. The van der Waals surface area contributed by atoms with E-state index in [1.165, 1.54) is 11.3 Å². The van der Waals surface area contributed by atoms with E-state index in [-0.39, 0.29) is 43.2 Å². The van der Waals surface area contributed by atoms with Gasteiger partial charge in [0.2, 0.25) is 5.91 Å². The molecule has 3 aromatic heterocycles. The number of pyridine rings is 2. The predicted molar refractivity (Wildman–Crippen MR) is 140 cm³/mol. The first-order chi connectivity index (χ1) is 15.2. The van der Waals surface area contributed by atoms with E-state index in [1.807, 2.05) is 37.3 Å². The van der Waals surface area contributed by atoms with Crippen LogP contribution in [0, 0.1) is 12.8 Å². The molecule has 184 valence electrons. The molecule has 0 bridgehead atoms. The zero-order valence-electron chi connectivity index (χ0n) is 19.2. The van der Waals surface area contributed by atoms with Crippen molar-refractivity contribution < 1.29 is 14.7 Å². The Morgan fingerprint density at radius 1 is 1.15 bits per heavy atom. The molecule has 0 aliphatic rings. The number of hydrogen-bond acceptors (Lipinski definition) is 8. The zero-order chi connectivity index (χ0) is 23.3. The van der Waals surface area contributed by atoms with Crippen LogP contribution in [-0.2, 0) is 9.59 Å². The van der Waals surface area contributed by atoms with Crippen LogP contribution < -0.4 is 15.5 Å². The van der Waals surface area contributed by atoms with E-state index in [1.54, 1.807) is 38.2 Å². The fourth-order valence-corrected chi connectivity index (χ4v) is 3.80. The fraction of sp³-hybridized carbons (Fsp3) is 0.318. The normalized spacial score (nSPS) is 11.1. The van der Waals surface area contributed by atoms with Crippen LogP contribution >= 0.6 is 36.2 Å². The van der Waals surface area contributed by atoms with Crippen LogP contribution in [0.25, 0.3) is 10.6 Å². The molecule has 0 aliphatic heterocycles. The molecule has 0 aromatic carbocycles. The summed E-state index contributed by atoms with van der Waals surface area (Å²) in [6.45, 7) is 5.50. The number of thiazole rings is 1. The molecule has 0 saturated carbocycles. The van der Waals surface area contributed by atoms with Gasteiger partial charge in [-0.1, -0.05) is 31.3 Å². The summed E-state index contributed by atoms with van der Waals surface area (Å²) in [6.07, 6.45) is 3.45. The molecule has 3 aromatic rings. The summed E-state index contributed by atoms with van der Waals surface area (Å²) in [5.74, 6) is -0.258. The molecular formula is C22H28Cl2N6O3S. The number of aromatic nitrogens is 3. The summed E-state index contributed by atoms with van der Waals surface area (Å²) in [7, 11) is 1.74. The standard InChI is InChI=1S/C22H26N6O3S.2ClH/c1-13(2)20(21(30)31)27-19(29)12-28(4)22-24-11-16(32-22)15-6-5-7-17(25-15)26-18-10-14(3)8-9-23-18;;/h5-11,13,20H,12H2,1-4H3,(H,27,29)(H,30,31)(H,23,25,26);2*1H. The van der Waals surface area contributed by atoms with E-state index in [0.717, 1.165) is 16.1 Å². The van der Waals surface area contributed by atoms with Crippen LogP contribution in [-0.4, -0.2) is 51.6 Å². The van der Waals surface area contributed by atoms with Crippen molar-refractivity contribution in [2.45, 2.75) is 26.8 Å². The lowest BCUT2D eigenvalue weighted by atomic mass is 10.1. The molecule has 1 amide bonds. The van der Waals surface area contributed by atoms with E-state index < -0.39 is 12.0 Å². The minimum absolute atomic E-state index is 0. The third-order valence-electron chi connectivity index (χ3n) is 4.62. The molecular weight excluding hydrogens is 499 g/mol. The second-order valence-electron chi connectivity index (χ2n) is 7.74. The van der Waals surface area contributed by atoms with Gasteiger partial charge in [-0.25, -0.2) is 19.7 Å². The van der Waals surface area contributed by atoms with Gasteiger partial charge in [-0.05, 0) is 42.7 Å². The number of aliphatic carboxylic acids is 1. The number of aryl methyl sites for hydroxylation is 1. The second-order valence-corrected chi connectivity index (χ2v) is 8.75. The average molecular weight is 527 g/mol. The molecule has 0 saturated heterocycles. The van der Waals surface area contributed by atoms with Gasteiger partial charge in [0.1, 0.15) is 17.7 Å². The minimum Gasteiger partial charge on any atom is -0.480 e. The highest BCUT2D eigenvalue weighted by molar-refractivity contribution is 7.18. The Morgan fingerprint density at radius 2 is 1.88 bits per heavy atom. The summed E-state index contributed by atoms with van der Waals surface area (Å²) in [4.78, 5) is 39.4. The van der Waals surface area contributed by atoms with Gasteiger partial charge in [0.15, 0.2) is 5.13 Å². The number of hydrogen-bond donors (Lipinski definition) is 3. The Balaban J connectivity index is 0.00000289. The maximum Gasteiger partial charge on any atom is 0.326 e. The van der Waals surface area contributed by atoms with Gasteiger partial charge in [0.05, 0.1) is 17.1 Å². The zero-order valence-corrected chi connectivity index (χ0v) is 21.6. The van der Waals surface area contributed by atoms with Crippen LogP contribution in [0.3, 0.4) is 0 Å². The van der Waals surface area contributed by atoms with Gasteiger partial charge in [0.25, 0.3) is 0 Å². The summed E-state index contributed by atoms with van der Waals surface area (Å²) >= 11 is 1.40. The average Bonchev–Trinajstić information content (AvgIpc) is 3.22. The summed E-state index contributed by atoms with van der Waals surface area (Å²) in [5.41, 5.74) is 1.84. The minimum atomic E-state index is -1.05. The van der Waals surface area contributed by atoms with E-state index in [9.17, 15) is 14.7 Å². The first-order valence-electron chi connectivity index (χ1n) is 10.1. The highest BCUT2D eigenvalue weighted by Gasteiger charge is 2.24. The lowest BCUT2D eigenvalue weighted by Gasteiger charge is -2.20. The van der Waals surface area contributed by atoms with Crippen molar-refractivity contribution in [1.29, 1.82) is 0 Å². The molecule has 0 radical (unpaired) electrons. The van der Waals surface area contributed by atoms with Gasteiger partial charge < -0.3 is 20.6 Å². The topological polar surface area (TPSA) is 120 Å². The summed E-state index contributed by atoms with van der Waals surface area (Å²) in [5, 5.41) is 15.6. The van der Waals surface area contributed by atoms with Crippen LogP contribution in [0.1, 0.15) is 19.4 Å². The number of carboxylic acids is 1. The number of rotatable bonds is 9. The van der Waals surface area contributed by atoms with Crippen LogP contribution in [0.15, 0.2) is 42.7 Å². The molecule has 3 heterocycles. The molecule has 3 N–H and O–H groups in total. The van der Waals surface area contributed by atoms with Crippen molar-refractivity contribution in [2.24, 2.45) is 5.92 Å². The lowest BCUT2D eigenvalue weighted by molar-refractivity contribution is -0.142. The first-order valence-corrected chi connectivity index (χ1v) is 10.9. The number of likely N-dealkylation sites (N-methyl/N-ethyl adjacent to an activating group) is 1. The van der Waals surface area contributed by atoms with Gasteiger partial charge in [0, 0.05) is 19.4 Å². The highest BCUT2D eigenvalue weighted by atomic mass is 35.5. The summed E-state index contributed by atoms with van der Waals surface area (Å²) in [6, 6.07) is 8.58. The van der Waals surface area contributed by atoms with Crippen molar-refractivity contribution in [3.8, 4) is 10.6 Å². The maximum absolute atomic E-state index is 12.3. The molecule has 34 heavy (non-hydrogen) atoms. The molecule has 1 atom stereocenters. The van der Waals surface area contributed by atoms with E-state index in [0.29, 0.717) is 16.8 Å². The molecule has 9 nitrogen and oxygen atoms in total. The van der Waals surface area contributed by atoms with Crippen molar-refractivity contribution >= 4 is 64.8 Å². The number of carboxylic acid groups (broad SMARTS) is 1. The van der Waals surface area contributed by atoms with Crippen molar-refractivity contribution in [1.82, 2.24) is 20.3 Å². The van der Waals surface area contributed by atoms with Gasteiger partial charge in [-0.2, -0.15) is 0 Å². The Hall–Kier alpha value is -2.95. The molecule has 3 rings (SSSR count). The van der Waals surface area contributed by atoms with E-state index >= 15 is 0 Å². The van der Waals surface area contributed by atoms with Crippen molar-refractivity contribution in [3.05, 3.63) is 48.3 Å². The third kappa shape index (κ3) is 7.82. The van der Waals surface area contributed by atoms with Crippen LogP contribution in [0.2, 0.25) is 0 Å². The molecule has 12 heteroatoms. The highest BCUT2D eigenvalue weighted by Crippen LogP contribution is 2.30. The molecule has 0 aliphatic carbocycles. The Morgan fingerprint density at radius 3 is 2.53 bits per heavy atom. The number of carbonyl (C=O) groups excluding carboxylic acids is 1. The summed E-state index contributed by atoms with van der Waals surface area (Å²) < 4.78 is 0. The number of carbonyl (C=O) groups is 2. The Labute approximate surface area is 214 Å². The second kappa shape index (κ2) is 13.1. The van der Waals surface area contributed by atoms with Crippen LogP contribution in [0.5, 0.6) is 0 Å². The van der Waals surface area contributed by atoms with Crippen molar-refractivity contribution in [3.63, 3.8) is 0 Å². The van der Waals surface area contributed by atoms with E-state index in [4.69, 9.17) is 0 Å². The first kappa shape index (κ1) is 29.1. The Kier molecular flexibility index (Phi) is 11.2. The maximum atomic E-state index is 12.3. The largest absolute Gasteiger partial charge is 0.480 e. The number of amides is 1. The van der Waals surface area contributed by atoms with Gasteiger partial charge >= 0.3 is 5.97 Å². The molecule has 0 spiro atoms. The fourth-order valence-electron chi connectivity index (χ4n) is 2.95. The van der Waals surface area contributed by atoms with Gasteiger partial charge in [-0.15, -0.1) is 24.8 Å². The number of anilines is 3. The van der Waals surface area contributed by atoms with Crippen molar-refractivity contribution in [2.75, 3.05) is 23.8 Å². The SMILES string of the molecule is Cc1ccnc(Nc2cccc(-c3cnc(N(C)CC(=O)NC(C(=O)O)C(C)C)s3)n2)c1.Cl.Cl. The molecule has 0 fully saturated rings. The predicted octanol–water partition coefficient (Wildman–Crippen LogP) is 4.16.